The summed E-state index contributed by atoms with van der Waals surface area (Å²) in [4.78, 5) is 36.6. The highest BCUT2D eigenvalue weighted by atomic mass is 16.4. The molecular weight excluding hydrogens is 284 g/mol. The standard InChI is InChI=1S/C16H20N2O4/c1-2-14(19)17-13-7-3-5-11(9-13)15(20)18-8-4-6-12(10-18)16(21)22/h3,5,7,9,12H,2,4,6,8,10H2,1H3,(H,17,19)(H,21,22)/t12-/m0/s1. The molecule has 0 spiro atoms. The van der Waals surface area contributed by atoms with Crippen molar-refractivity contribution in [1.29, 1.82) is 0 Å². The summed E-state index contributed by atoms with van der Waals surface area (Å²) < 4.78 is 0. The van der Waals surface area contributed by atoms with Gasteiger partial charge in [-0.15, -0.1) is 0 Å². The third kappa shape index (κ3) is 3.84. The molecule has 6 nitrogen and oxygen atoms in total. The van der Waals surface area contributed by atoms with Gasteiger partial charge in [-0.3, -0.25) is 14.4 Å². The van der Waals surface area contributed by atoms with Crippen LogP contribution < -0.4 is 5.32 Å². The van der Waals surface area contributed by atoms with Crippen LogP contribution in [0.4, 0.5) is 5.69 Å². The van der Waals surface area contributed by atoms with E-state index in [1.54, 1.807) is 36.1 Å². The predicted molar refractivity (Wildman–Crippen MR) is 81.6 cm³/mol. The second-order valence-electron chi connectivity index (χ2n) is 5.41. The van der Waals surface area contributed by atoms with Gasteiger partial charge < -0.3 is 15.3 Å². The van der Waals surface area contributed by atoms with Crippen molar-refractivity contribution in [3.8, 4) is 0 Å². The Morgan fingerprint density at radius 3 is 2.82 bits per heavy atom. The van der Waals surface area contributed by atoms with Crippen LogP contribution in [0.5, 0.6) is 0 Å². The first-order chi connectivity index (χ1) is 10.5. The summed E-state index contributed by atoms with van der Waals surface area (Å²) in [6.45, 7) is 2.55. The van der Waals surface area contributed by atoms with Crippen molar-refractivity contribution in [2.45, 2.75) is 26.2 Å². The number of anilines is 1. The SMILES string of the molecule is CCC(=O)Nc1cccc(C(=O)N2CCC[C@H](C(=O)O)C2)c1. The lowest BCUT2D eigenvalue weighted by molar-refractivity contribution is -0.143. The largest absolute Gasteiger partial charge is 0.481 e. The van der Waals surface area contributed by atoms with Crippen molar-refractivity contribution >= 4 is 23.5 Å². The minimum absolute atomic E-state index is 0.117. The zero-order chi connectivity index (χ0) is 16.1. The number of aliphatic carboxylic acids is 1. The Hall–Kier alpha value is -2.37. The van der Waals surface area contributed by atoms with Crippen molar-refractivity contribution < 1.29 is 19.5 Å². The van der Waals surface area contributed by atoms with Crippen molar-refractivity contribution in [3.05, 3.63) is 29.8 Å². The molecule has 0 bridgehead atoms. The van der Waals surface area contributed by atoms with E-state index in [0.717, 1.165) is 0 Å². The van der Waals surface area contributed by atoms with E-state index in [-0.39, 0.29) is 18.4 Å². The smallest absolute Gasteiger partial charge is 0.308 e. The van der Waals surface area contributed by atoms with Gasteiger partial charge in [-0.25, -0.2) is 0 Å². The fraction of sp³-hybridized carbons (Fsp3) is 0.438. The van der Waals surface area contributed by atoms with Crippen LogP contribution in [0.1, 0.15) is 36.5 Å². The maximum atomic E-state index is 12.5. The Labute approximate surface area is 129 Å². The lowest BCUT2D eigenvalue weighted by Crippen LogP contribution is -2.42. The molecule has 1 aromatic carbocycles. The molecule has 1 heterocycles. The molecule has 1 aliphatic heterocycles. The molecule has 0 saturated carbocycles. The molecule has 2 amide bonds. The summed E-state index contributed by atoms with van der Waals surface area (Å²) in [5.41, 5.74) is 1.03. The van der Waals surface area contributed by atoms with E-state index in [1.807, 2.05) is 0 Å². The fourth-order valence-electron chi connectivity index (χ4n) is 2.53. The second kappa shape index (κ2) is 7.06. The van der Waals surface area contributed by atoms with E-state index in [9.17, 15) is 14.4 Å². The molecule has 22 heavy (non-hydrogen) atoms. The third-order valence-corrected chi connectivity index (χ3v) is 3.77. The Kier molecular flexibility index (Phi) is 5.14. The Balaban J connectivity index is 2.10. The second-order valence-corrected chi connectivity index (χ2v) is 5.41. The molecule has 6 heteroatoms. The van der Waals surface area contributed by atoms with Gasteiger partial charge in [-0.05, 0) is 31.0 Å². The van der Waals surface area contributed by atoms with Crippen molar-refractivity contribution in [3.63, 3.8) is 0 Å². The van der Waals surface area contributed by atoms with Crippen LogP contribution >= 0.6 is 0 Å². The summed E-state index contributed by atoms with van der Waals surface area (Å²) in [5, 5.41) is 11.8. The van der Waals surface area contributed by atoms with Gasteiger partial charge in [0.1, 0.15) is 0 Å². The first kappa shape index (κ1) is 16.0. The van der Waals surface area contributed by atoms with Gasteiger partial charge in [-0.2, -0.15) is 0 Å². The number of hydrogen-bond donors (Lipinski definition) is 2. The van der Waals surface area contributed by atoms with Crippen LogP contribution in [0.15, 0.2) is 24.3 Å². The monoisotopic (exact) mass is 304 g/mol. The molecule has 0 aliphatic carbocycles. The number of carbonyl (C=O) groups is 3. The highest BCUT2D eigenvalue weighted by molar-refractivity contribution is 5.97. The summed E-state index contributed by atoms with van der Waals surface area (Å²) in [6.07, 6.45) is 1.66. The zero-order valence-electron chi connectivity index (χ0n) is 12.5. The van der Waals surface area contributed by atoms with Gasteiger partial charge in [0.2, 0.25) is 5.91 Å². The number of piperidine rings is 1. The van der Waals surface area contributed by atoms with Gasteiger partial charge in [-0.1, -0.05) is 13.0 Å². The van der Waals surface area contributed by atoms with Crippen LogP contribution in [0.25, 0.3) is 0 Å². The van der Waals surface area contributed by atoms with E-state index < -0.39 is 11.9 Å². The highest BCUT2D eigenvalue weighted by Crippen LogP contribution is 2.20. The van der Waals surface area contributed by atoms with Crippen LogP contribution in [0.2, 0.25) is 0 Å². The molecular formula is C16H20N2O4. The molecule has 1 atom stereocenters. The van der Waals surface area contributed by atoms with Crippen LogP contribution in [0, 0.1) is 5.92 Å². The quantitative estimate of drug-likeness (QED) is 0.890. The lowest BCUT2D eigenvalue weighted by Gasteiger charge is -2.30. The third-order valence-electron chi connectivity index (χ3n) is 3.77. The van der Waals surface area contributed by atoms with Gasteiger partial charge in [0.15, 0.2) is 0 Å². The first-order valence-corrected chi connectivity index (χ1v) is 7.43. The molecule has 1 saturated heterocycles. The number of carboxylic acids is 1. The van der Waals surface area contributed by atoms with Gasteiger partial charge in [0.05, 0.1) is 5.92 Å². The zero-order valence-corrected chi connectivity index (χ0v) is 12.5. The Morgan fingerprint density at radius 1 is 1.36 bits per heavy atom. The summed E-state index contributed by atoms with van der Waals surface area (Å²) in [5.74, 6) is -1.67. The van der Waals surface area contributed by atoms with Crippen LogP contribution in [0.3, 0.4) is 0 Å². The summed E-state index contributed by atoms with van der Waals surface area (Å²) >= 11 is 0. The maximum absolute atomic E-state index is 12.5. The average molecular weight is 304 g/mol. The first-order valence-electron chi connectivity index (χ1n) is 7.43. The van der Waals surface area contributed by atoms with Crippen molar-refractivity contribution in [1.82, 2.24) is 4.90 Å². The highest BCUT2D eigenvalue weighted by Gasteiger charge is 2.28. The molecule has 1 aromatic rings. The number of carbonyl (C=O) groups excluding carboxylic acids is 2. The normalized spacial score (nSPS) is 17.9. The Morgan fingerprint density at radius 2 is 2.14 bits per heavy atom. The molecule has 0 unspecified atom stereocenters. The molecule has 0 aromatic heterocycles. The molecule has 1 fully saturated rings. The van der Waals surface area contributed by atoms with E-state index in [1.165, 1.54) is 0 Å². The number of rotatable bonds is 4. The molecule has 2 rings (SSSR count). The average Bonchev–Trinajstić information content (AvgIpc) is 2.54. The number of amides is 2. The van der Waals surface area contributed by atoms with Gasteiger partial charge in [0.25, 0.3) is 5.91 Å². The molecule has 1 aliphatic rings. The summed E-state index contributed by atoms with van der Waals surface area (Å²) in [7, 11) is 0. The lowest BCUT2D eigenvalue weighted by atomic mass is 9.97. The van der Waals surface area contributed by atoms with Crippen LogP contribution in [-0.2, 0) is 9.59 Å². The van der Waals surface area contributed by atoms with Crippen molar-refractivity contribution in [2.24, 2.45) is 5.92 Å². The number of hydrogen-bond acceptors (Lipinski definition) is 3. The number of nitrogens with one attached hydrogen (secondary N) is 1. The number of carboxylic acid groups (broad SMARTS) is 1. The minimum atomic E-state index is -0.860. The fourth-order valence-corrected chi connectivity index (χ4v) is 2.53. The van der Waals surface area contributed by atoms with Crippen molar-refractivity contribution in [2.75, 3.05) is 18.4 Å². The van der Waals surface area contributed by atoms with E-state index in [2.05, 4.69) is 5.32 Å². The van der Waals surface area contributed by atoms with Gasteiger partial charge >= 0.3 is 5.97 Å². The van der Waals surface area contributed by atoms with Crippen LogP contribution in [-0.4, -0.2) is 40.9 Å². The number of benzene rings is 1. The molecule has 118 valence electrons. The maximum Gasteiger partial charge on any atom is 0.308 e. The molecule has 0 radical (unpaired) electrons. The minimum Gasteiger partial charge on any atom is -0.481 e. The summed E-state index contributed by atoms with van der Waals surface area (Å²) in [6, 6.07) is 6.73. The van der Waals surface area contributed by atoms with E-state index in [4.69, 9.17) is 5.11 Å². The predicted octanol–water partition coefficient (Wildman–Crippen LogP) is 1.97. The topological polar surface area (TPSA) is 86.7 Å². The van der Waals surface area contributed by atoms with E-state index >= 15 is 0 Å². The number of likely N-dealkylation sites (tertiary alicyclic amines) is 1. The van der Waals surface area contributed by atoms with Gasteiger partial charge in [0, 0.05) is 30.8 Å². The Bertz CT molecular complexity index is 585. The number of nitrogens with zero attached hydrogens (tertiary/aromatic N) is 1. The van der Waals surface area contributed by atoms with E-state index in [0.29, 0.717) is 37.1 Å². The molecule has 2 N–H and O–H groups in total.